The van der Waals surface area contributed by atoms with Gasteiger partial charge in [-0.1, -0.05) is 33.6 Å². The first-order valence-corrected chi connectivity index (χ1v) is 7.79. The van der Waals surface area contributed by atoms with E-state index in [1.54, 1.807) is 0 Å². The highest BCUT2D eigenvalue weighted by atomic mass is 16.1. The van der Waals surface area contributed by atoms with E-state index in [1.165, 1.54) is 38.8 Å². The number of hydrogen-bond donors (Lipinski definition) is 0. The number of carbonyl (C=O) groups excluding carboxylic acids is 1. The van der Waals surface area contributed by atoms with E-state index in [-0.39, 0.29) is 5.41 Å². The van der Waals surface area contributed by atoms with Crippen LogP contribution in [0.1, 0.15) is 59.3 Å². The molecule has 0 aromatic rings. The summed E-state index contributed by atoms with van der Waals surface area (Å²) in [7, 11) is 0. The van der Waals surface area contributed by atoms with Crippen molar-refractivity contribution < 1.29 is 4.79 Å². The standard InChI is InChI=1S/C16H29NO/c1-4-6-13-8-10-17(11-13)12-14-7-5-9-16(2,3)15(14)18/h13-14H,4-12H2,1-3H3. The first-order chi connectivity index (χ1) is 8.53. The van der Waals surface area contributed by atoms with Gasteiger partial charge < -0.3 is 4.90 Å². The van der Waals surface area contributed by atoms with Crippen LogP contribution in [0.25, 0.3) is 0 Å². The maximum atomic E-state index is 12.4. The van der Waals surface area contributed by atoms with Gasteiger partial charge in [0, 0.05) is 24.4 Å². The van der Waals surface area contributed by atoms with Crippen LogP contribution in [0.3, 0.4) is 0 Å². The summed E-state index contributed by atoms with van der Waals surface area (Å²) in [6.07, 6.45) is 7.44. The third kappa shape index (κ3) is 3.14. The molecule has 1 saturated heterocycles. The van der Waals surface area contributed by atoms with Crippen LogP contribution in [0.2, 0.25) is 0 Å². The van der Waals surface area contributed by atoms with Gasteiger partial charge in [0.25, 0.3) is 0 Å². The highest BCUT2D eigenvalue weighted by Gasteiger charge is 2.38. The first-order valence-electron chi connectivity index (χ1n) is 7.79. The van der Waals surface area contributed by atoms with Crippen LogP contribution in [0.15, 0.2) is 0 Å². The van der Waals surface area contributed by atoms with Gasteiger partial charge in [0.15, 0.2) is 0 Å². The molecule has 2 unspecified atom stereocenters. The molecule has 104 valence electrons. The highest BCUT2D eigenvalue weighted by Crippen LogP contribution is 2.36. The van der Waals surface area contributed by atoms with Crippen molar-refractivity contribution in [2.75, 3.05) is 19.6 Å². The van der Waals surface area contributed by atoms with E-state index in [4.69, 9.17) is 0 Å². The third-order valence-corrected chi connectivity index (χ3v) is 4.94. The molecule has 0 amide bonds. The summed E-state index contributed by atoms with van der Waals surface area (Å²) >= 11 is 0. The number of Topliss-reactive ketones (excluding diaryl/α,β-unsaturated/α-hetero) is 1. The molecule has 0 N–H and O–H groups in total. The average Bonchev–Trinajstić information content (AvgIpc) is 2.73. The van der Waals surface area contributed by atoms with Gasteiger partial charge in [-0.3, -0.25) is 4.79 Å². The Hall–Kier alpha value is -0.370. The quantitative estimate of drug-likeness (QED) is 0.762. The monoisotopic (exact) mass is 251 g/mol. The van der Waals surface area contributed by atoms with Crippen molar-refractivity contribution in [1.29, 1.82) is 0 Å². The average molecular weight is 251 g/mol. The molecule has 1 saturated carbocycles. The van der Waals surface area contributed by atoms with E-state index in [0.717, 1.165) is 25.3 Å². The molecule has 1 heterocycles. The summed E-state index contributed by atoms with van der Waals surface area (Å²) in [5, 5.41) is 0. The zero-order chi connectivity index (χ0) is 13.2. The van der Waals surface area contributed by atoms with E-state index in [9.17, 15) is 4.79 Å². The van der Waals surface area contributed by atoms with Crippen LogP contribution >= 0.6 is 0 Å². The zero-order valence-corrected chi connectivity index (χ0v) is 12.4. The molecule has 0 spiro atoms. The summed E-state index contributed by atoms with van der Waals surface area (Å²) in [6, 6.07) is 0. The van der Waals surface area contributed by atoms with Crippen LogP contribution < -0.4 is 0 Å². The topological polar surface area (TPSA) is 20.3 Å². The molecule has 2 atom stereocenters. The van der Waals surface area contributed by atoms with Gasteiger partial charge in [0.1, 0.15) is 5.78 Å². The Labute approximate surface area is 112 Å². The van der Waals surface area contributed by atoms with Crippen molar-refractivity contribution in [1.82, 2.24) is 4.90 Å². The molecule has 0 bridgehead atoms. The van der Waals surface area contributed by atoms with Gasteiger partial charge >= 0.3 is 0 Å². The molecule has 18 heavy (non-hydrogen) atoms. The second-order valence-corrected chi connectivity index (χ2v) is 7.04. The minimum absolute atomic E-state index is 0.0640. The number of likely N-dealkylation sites (tertiary alicyclic amines) is 1. The van der Waals surface area contributed by atoms with Gasteiger partial charge in [-0.25, -0.2) is 0 Å². The van der Waals surface area contributed by atoms with Crippen molar-refractivity contribution in [3.8, 4) is 0 Å². The third-order valence-electron chi connectivity index (χ3n) is 4.94. The SMILES string of the molecule is CCCC1CCN(CC2CCCC(C)(C)C2=O)C1. The Morgan fingerprint density at radius 1 is 1.33 bits per heavy atom. The lowest BCUT2D eigenvalue weighted by molar-refractivity contribution is -0.134. The molecule has 2 nitrogen and oxygen atoms in total. The number of carbonyl (C=O) groups is 1. The number of nitrogens with zero attached hydrogens (tertiary/aromatic N) is 1. The minimum Gasteiger partial charge on any atom is -0.302 e. The Balaban J connectivity index is 1.85. The van der Waals surface area contributed by atoms with Crippen LogP contribution in [-0.4, -0.2) is 30.3 Å². The smallest absolute Gasteiger partial charge is 0.142 e. The largest absolute Gasteiger partial charge is 0.302 e. The molecule has 2 fully saturated rings. The van der Waals surface area contributed by atoms with Crippen LogP contribution in [-0.2, 0) is 4.79 Å². The fraction of sp³-hybridized carbons (Fsp3) is 0.938. The molecule has 0 radical (unpaired) electrons. The van der Waals surface area contributed by atoms with Crippen molar-refractivity contribution in [3.63, 3.8) is 0 Å². The Morgan fingerprint density at radius 2 is 2.11 bits per heavy atom. The van der Waals surface area contributed by atoms with Crippen LogP contribution in [0.4, 0.5) is 0 Å². The molecule has 2 aliphatic rings. The van der Waals surface area contributed by atoms with E-state index < -0.39 is 0 Å². The molecule has 2 heteroatoms. The molecular weight excluding hydrogens is 222 g/mol. The van der Waals surface area contributed by atoms with Crippen molar-refractivity contribution in [2.24, 2.45) is 17.3 Å². The fourth-order valence-electron chi connectivity index (χ4n) is 3.81. The molecular formula is C16H29NO. The molecule has 1 aliphatic heterocycles. The normalized spacial score (nSPS) is 32.9. The second kappa shape index (κ2) is 5.73. The zero-order valence-electron chi connectivity index (χ0n) is 12.4. The van der Waals surface area contributed by atoms with Crippen LogP contribution in [0.5, 0.6) is 0 Å². The lowest BCUT2D eigenvalue weighted by atomic mass is 9.71. The predicted octanol–water partition coefficient (Wildman–Crippen LogP) is 3.50. The predicted molar refractivity (Wildman–Crippen MR) is 75.6 cm³/mol. The maximum absolute atomic E-state index is 12.4. The van der Waals surface area contributed by atoms with Gasteiger partial charge in [-0.05, 0) is 38.1 Å². The highest BCUT2D eigenvalue weighted by molar-refractivity contribution is 5.87. The van der Waals surface area contributed by atoms with Crippen molar-refractivity contribution >= 4 is 5.78 Å². The minimum atomic E-state index is -0.0640. The van der Waals surface area contributed by atoms with Crippen LogP contribution in [0, 0.1) is 17.3 Å². The summed E-state index contributed by atoms with van der Waals surface area (Å²) in [5.74, 6) is 1.73. The summed E-state index contributed by atoms with van der Waals surface area (Å²) in [4.78, 5) is 15.0. The van der Waals surface area contributed by atoms with Gasteiger partial charge in [0.2, 0.25) is 0 Å². The van der Waals surface area contributed by atoms with Gasteiger partial charge in [0.05, 0.1) is 0 Å². The van der Waals surface area contributed by atoms with E-state index >= 15 is 0 Å². The number of ketones is 1. The Morgan fingerprint density at radius 3 is 2.83 bits per heavy atom. The Bertz CT molecular complexity index is 297. The fourth-order valence-corrected chi connectivity index (χ4v) is 3.81. The van der Waals surface area contributed by atoms with E-state index in [0.29, 0.717) is 11.7 Å². The Kier molecular flexibility index (Phi) is 4.47. The lowest BCUT2D eigenvalue weighted by Crippen LogP contribution is -2.41. The van der Waals surface area contributed by atoms with Gasteiger partial charge in [-0.2, -0.15) is 0 Å². The van der Waals surface area contributed by atoms with E-state index in [2.05, 4.69) is 25.7 Å². The molecule has 2 rings (SSSR count). The lowest BCUT2D eigenvalue weighted by Gasteiger charge is -2.35. The summed E-state index contributed by atoms with van der Waals surface area (Å²) < 4.78 is 0. The van der Waals surface area contributed by atoms with E-state index in [1.807, 2.05) is 0 Å². The summed E-state index contributed by atoms with van der Waals surface area (Å²) in [5.41, 5.74) is -0.0640. The van der Waals surface area contributed by atoms with Crippen molar-refractivity contribution in [3.05, 3.63) is 0 Å². The van der Waals surface area contributed by atoms with Gasteiger partial charge in [-0.15, -0.1) is 0 Å². The molecule has 0 aromatic carbocycles. The number of rotatable bonds is 4. The summed E-state index contributed by atoms with van der Waals surface area (Å²) in [6.45, 7) is 10.0. The second-order valence-electron chi connectivity index (χ2n) is 7.04. The van der Waals surface area contributed by atoms with Crippen molar-refractivity contribution in [2.45, 2.75) is 59.3 Å². The number of hydrogen-bond acceptors (Lipinski definition) is 2. The maximum Gasteiger partial charge on any atom is 0.142 e. The molecule has 1 aliphatic carbocycles. The first kappa shape index (κ1) is 14.0. The molecule has 0 aromatic heterocycles.